The van der Waals surface area contributed by atoms with Gasteiger partial charge in [-0.15, -0.1) is 0 Å². The molecule has 0 saturated carbocycles. The van der Waals surface area contributed by atoms with Gasteiger partial charge < -0.3 is 5.32 Å². The van der Waals surface area contributed by atoms with E-state index in [9.17, 15) is 4.39 Å². The molecule has 3 unspecified atom stereocenters. The highest BCUT2D eigenvalue weighted by Gasteiger charge is 2.30. The van der Waals surface area contributed by atoms with Gasteiger partial charge in [-0.2, -0.15) is 0 Å². The predicted molar refractivity (Wildman–Crippen MR) is 74.2 cm³/mol. The van der Waals surface area contributed by atoms with Crippen LogP contribution in [-0.4, -0.2) is 13.1 Å². The second-order valence-electron chi connectivity index (χ2n) is 5.58. The molecule has 1 aromatic carbocycles. The lowest BCUT2D eigenvalue weighted by atomic mass is 9.73. The molecular weight excluding hydrogens is 225 g/mol. The zero-order chi connectivity index (χ0) is 13.0. The van der Waals surface area contributed by atoms with Gasteiger partial charge in [0.2, 0.25) is 0 Å². The van der Waals surface area contributed by atoms with Crippen molar-refractivity contribution in [3.63, 3.8) is 0 Å². The minimum Gasteiger partial charge on any atom is -0.316 e. The smallest absolute Gasteiger partial charge is 0.123 e. The summed E-state index contributed by atoms with van der Waals surface area (Å²) in [6.45, 7) is 6.69. The number of piperidine rings is 1. The van der Waals surface area contributed by atoms with Crippen molar-refractivity contribution in [1.29, 1.82) is 0 Å². The monoisotopic (exact) mass is 249 g/mol. The largest absolute Gasteiger partial charge is 0.316 e. The molecule has 1 aliphatic heterocycles. The van der Waals surface area contributed by atoms with Crippen LogP contribution in [0.2, 0.25) is 0 Å². The van der Waals surface area contributed by atoms with E-state index in [4.69, 9.17) is 0 Å². The van der Waals surface area contributed by atoms with E-state index >= 15 is 0 Å². The van der Waals surface area contributed by atoms with Crippen LogP contribution < -0.4 is 5.32 Å². The van der Waals surface area contributed by atoms with E-state index in [2.05, 4.69) is 25.2 Å². The van der Waals surface area contributed by atoms with Crippen LogP contribution in [0, 0.1) is 17.7 Å². The van der Waals surface area contributed by atoms with Gasteiger partial charge in [-0.25, -0.2) is 4.39 Å². The van der Waals surface area contributed by atoms with Crippen LogP contribution in [0.5, 0.6) is 0 Å². The fourth-order valence-electron chi connectivity index (χ4n) is 3.33. The van der Waals surface area contributed by atoms with E-state index in [0.29, 0.717) is 11.8 Å². The molecule has 3 atom stereocenters. The molecule has 1 aromatic rings. The summed E-state index contributed by atoms with van der Waals surface area (Å²) >= 11 is 0. The number of halogens is 1. The van der Waals surface area contributed by atoms with Crippen LogP contribution in [0.1, 0.15) is 44.6 Å². The van der Waals surface area contributed by atoms with E-state index in [1.165, 1.54) is 25.3 Å². The normalized spacial score (nSPS) is 25.9. The molecule has 0 aliphatic carbocycles. The first-order valence-electron chi connectivity index (χ1n) is 7.18. The fraction of sp³-hybridized carbons (Fsp3) is 0.625. The lowest BCUT2D eigenvalue weighted by Crippen LogP contribution is -2.37. The Hall–Kier alpha value is -0.890. The zero-order valence-electron chi connectivity index (χ0n) is 11.5. The van der Waals surface area contributed by atoms with Gasteiger partial charge in [0.05, 0.1) is 0 Å². The highest BCUT2D eigenvalue weighted by Crippen LogP contribution is 2.36. The molecule has 0 radical (unpaired) electrons. The summed E-state index contributed by atoms with van der Waals surface area (Å²) < 4.78 is 13.4. The van der Waals surface area contributed by atoms with Crippen LogP contribution >= 0.6 is 0 Å². The number of benzene rings is 1. The van der Waals surface area contributed by atoms with Gasteiger partial charge in [0.25, 0.3) is 0 Å². The first-order chi connectivity index (χ1) is 8.72. The van der Waals surface area contributed by atoms with Crippen LogP contribution in [-0.2, 0) is 0 Å². The molecule has 0 bridgehead atoms. The molecule has 0 amide bonds. The number of nitrogens with one attached hydrogen (secondary N) is 1. The molecule has 2 rings (SSSR count). The molecule has 1 nitrogen and oxygen atoms in total. The van der Waals surface area contributed by atoms with Gasteiger partial charge in [-0.1, -0.05) is 38.8 Å². The van der Waals surface area contributed by atoms with E-state index < -0.39 is 0 Å². The quantitative estimate of drug-likeness (QED) is 0.852. The van der Waals surface area contributed by atoms with Crippen LogP contribution in [0.25, 0.3) is 0 Å². The van der Waals surface area contributed by atoms with Crippen molar-refractivity contribution in [1.82, 2.24) is 5.32 Å². The Morgan fingerprint density at radius 1 is 1.44 bits per heavy atom. The first kappa shape index (κ1) is 13.5. The molecule has 2 heteroatoms. The molecule has 0 aromatic heterocycles. The Morgan fingerprint density at radius 2 is 2.28 bits per heavy atom. The van der Waals surface area contributed by atoms with Gasteiger partial charge in [-0.05, 0) is 48.4 Å². The third-order valence-corrected chi connectivity index (χ3v) is 4.29. The first-order valence-corrected chi connectivity index (χ1v) is 7.18. The Morgan fingerprint density at radius 3 is 3.00 bits per heavy atom. The Kier molecular flexibility index (Phi) is 4.76. The average molecular weight is 249 g/mol. The van der Waals surface area contributed by atoms with Crippen LogP contribution in [0.4, 0.5) is 4.39 Å². The topological polar surface area (TPSA) is 12.0 Å². The van der Waals surface area contributed by atoms with Crippen molar-refractivity contribution in [3.05, 3.63) is 35.6 Å². The van der Waals surface area contributed by atoms with Crippen molar-refractivity contribution >= 4 is 0 Å². The second kappa shape index (κ2) is 6.33. The van der Waals surface area contributed by atoms with Gasteiger partial charge in [0.1, 0.15) is 5.82 Å². The third-order valence-electron chi connectivity index (χ3n) is 4.29. The number of hydrogen-bond donors (Lipinski definition) is 1. The summed E-state index contributed by atoms with van der Waals surface area (Å²) in [7, 11) is 0. The van der Waals surface area contributed by atoms with Crippen molar-refractivity contribution in [2.24, 2.45) is 11.8 Å². The lowest BCUT2D eigenvalue weighted by molar-refractivity contribution is 0.227. The van der Waals surface area contributed by atoms with Gasteiger partial charge in [-0.3, -0.25) is 0 Å². The Bertz CT molecular complexity index is 377. The van der Waals surface area contributed by atoms with Crippen LogP contribution in [0.15, 0.2) is 24.3 Å². The van der Waals surface area contributed by atoms with E-state index in [1.807, 2.05) is 6.07 Å². The maximum Gasteiger partial charge on any atom is 0.123 e. The number of rotatable bonds is 4. The van der Waals surface area contributed by atoms with Crippen LogP contribution in [0.3, 0.4) is 0 Å². The summed E-state index contributed by atoms with van der Waals surface area (Å²) in [4.78, 5) is 0. The Labute approximate surface area is 110 Å². The van der Waals surface area contributed by atoms with Crippen molar-refractivity contribution < 1.29 is 4.39 Å². The van der Waals surface area contributed by atoms with E-state index in [1.54, 1.807) is 6.07 Å². The summed E-state index contributed by atoms with van der Waals surface area (Å²) in [5, 5.41) is 3.46. The molecule has 1 heterocycles. The molecule has 1 saturated heterocycles. The van der Waals surface area contributed by atoms with Gasteiger partial charge in [0.15, 0.2) is 0 Å². The molecular formula is C16H24FN. The molecule has 100 valence electrons. The number of hydrogen-bond acceptors (Lipinski definition) is 1. The van der Waals surface area contributed by atoms with Crippen molar-refractivity contribution in [2.45, 2.75) is 39.0 Å². The molecule has 0 spiro atoms. The summed E-state index contributed by atoms with van der Waals surface area (Å²) in [6, 6.07) is 7.15. The maximum absolute atomic E-state index is 13.4. The Balaban J connectivity index is 2.17. The average Bonchev–Trinajstić information content (AvgIpc) is 2.39. The van der Waals surface area contributed by atoms with E-state index in [0.717, 1.165) is 24.6 Å². The standard InChI is InChI=1S/C16H24FN/c1-3-5-12(2)15-8-9-18-11-16(15)13-6-4-7-14(17)10-13/h4,6-7,10,12,15-16,18H,3,5,8-9,11H2,1-2H3. The predicted octanol–water partition coefficient (Wildman–Crippen LogP) is 3.96. The molecule has 1 fully saturated rings. The minimum atomic E-state index is -0.111. The minimum absolute atomic E-state index is 0.111. The second-order valence-corrected chi connectivity index (χ2v) is 5.58. The molecule has 18 heavy (non-hydrogen) atoms. The molecule has 1 N–H and O–H groups in total. The summed E-state index contributed by atoms with van der Waals surface area (Å²) in [5.41, 5.74) is 1.16. The molecule has 1 aliphatic rings. The lowest BCUT2D eigenvalue weighted by Gasteiger charge is -2.36. The fourth-order valence-corrected chi connectivity index (χ4v) is 3.33. The summed E-state index contributed by atoms with van der Waals surface area (Å²) in [6.07, 6.45) is 3.72. The van der Waals surface area contributed by atoms with Crippen molar-refractivity contribution in [2.75, 3.05) is 13.1 Å². The highest BCUT2D eigenvalue weighted by atomic mass is 19.1. The summed E-state index contributed by atoms with van der Waals surface area (Å²) in [5.74, 6) is 1.77. The zero-order valence-corrected chi connectivity index (χ0v) is 11.5. The maximum atomic E-state index is 13.4. The van der Waals surface area contributed by atoms with Gasteiger partial charge in [0, 0.05) is 6.54 Å². The van der Waals surface area contributed by atoms with Crippen molar-refractivity contribution in [3.8, 4) is 0 Å². The highest BCUT2D eigenvalue weighted by molar-refractivity contribution is 5.22. The third kappa shape index (κ3) is 3.11. The van der Waals surface area contributed by atoms with Gasteiger partial charge >= 0.3 is 0 Å². The van der Waals surface area contributed by atoms with E-state index in [-0.39, 0.29) is 5.82 Å². The SMILES string of the molecule is CCCC(C)C1CCNCC1c1cccc(F)c1.